The largest absolute Gasteiger partial charge is 0.459 e. The lowest BCUT2D eigenvalue weighted by Crippen LogP contribution is -2.45. The summed E-state index contributed by atoms with van der Waals surface area (Å²) < 4.78 is 61.1. The fourth-order valence-corrected chi connectivity index (χ4v) is 15.0. The van der Waals surface area contributed by atoms with E-state index in [1.807, 2.05) is 106 Å². The molecule has 29 unspecified atom stereocenters. The summed E-state index contributed by atoms with van der Waals surface area (Å²) in [5.41, 5.74) is 1.39. The number of methoxy groups -OCH3 is 4. The predicted octanol–water partition coefficient (Wildman–Crippen LogP) is 9.86. The molecule has 558 valence electrons. The lowest BCUT2D eigenvalue weighted by molar-refractivity contribution is -0.157. The topological polar surface area (TPSA) is 288 Å². The van der Waals surface area contributed by atoms with Gasteiger partial charge in [-0.15, -0.1) is 0 Å². The maximum atomic E-state index is 13.9. The fourth-order valence-electron chi connectivity index (χ4n) is 15.0. The first-order chi connectivity index (χ1) is 46.0. The van der Waals surface area contributed by atoms with E-state index < -0.39 is 127 Å². The monoisotopic (exact) mass is 1370 g/mol. The summed E-state index contributed by atoms with van der Waals surface area (Å²) >= 11 is 0. The van der Waals surface area contributed by atoms with Crippen LogP contribution in [-0.4, -0.2) is 216 Å². The van der Waals surface area contributed by atoms with Gasteiger partial charge in [0.2, 0.25) is 0 Å². The molecule has 20 heteroatoms. The summed E-state index contributed by atoms with van der Waals surface area (Å²) in [6, 6.07) is 0. The van der Waals surface area contributed by atoms with Gasteiger partial charge in [0, 0.05) is 102 Å². The Kier molecular flexibility index (Phi) is 37.4. The van der Waals surface area contributed by atoms with Crippen LogP contribution in [0, 0.1) is 41.4 Å². The van der Waals surface area contributed by atoms with Crippen LogP contribution in [0.4, 0.5) is 0 Å². The molecule has 5 rings (SSSR count). The Bertz CT molecular complexity index is 2450. The van der Waals surface area contributed by atoms with E-state index in [-0.39, 0.29) is 106 Å². The molecule has 0 aromatic carbocycles. The molecular weight excluding hydrogens is 1240 g/mol. The second kappa shape index (κ2) is 43.0. The van der Waals surface area contributed by atoms with Crippen molar-refractivity contribution in [3.05, 3.63) is 71.9 Å². The van der Waals surface area contributed by atoms with Crippen LogP contribution in [0.25, 0.3) is 0 Å². The minimum absolute atomic E-state index is 0.0237. The average Bonchev–Trinajstić information content (AvgIpc) is 0.884. The Morgan fingerprint density at radius 2 is 0.887 bits per heavy atom. The Labute approximate surface area is 581 Å². The number of rotatable bonds is 16. The molecule has 4 bridgehead atoms. The molecule has 0 amide bonds. The quantitative estimate of drug-likeness (QED) is 0.0527. The summed E-state index contributed by atoms with van der Waals surface area (Å²) in [7, 11) is 6.58. The van der Waals surface area contributed by atoms with Crippen molar-refractivity contribution < 1.29 is 97.8 Å². The van der Waals surface area contributed by atoms with Gasteiger partial charge in [-0.1, -0.05) is 108 Å². The lowest BCUT2D eigenvalue weighted by atomic mass is 9.78. The van der Waals surface area contributed by atoms with E-state index >= 15 is 0 Å². The van der Waals surface area contributed by atoms with Gasteiger partial charge in [0.1, 0.15) is 12.2 Å². The lowest BCUT2D eigenvalue weighted by Gasteiger charge is -2.38. The Morgan fingerprint density at radius 1 is 0.464 bits per heavy atom. The van der Waals surface area contributed by atoms with Crippen LogP contribution in [0.15, 0.2) is 71.9 Å². The van der Waals surface area contributed by atoms with E-state index in [1.54, 1.807) is 47.5 Å². The molecule has 0 saturated carbocycles. The van der Waals surface area contributed by atoms with E-state index in [2.05, 4.69) is 0 Å². The summed E-state index contributed by atoms with van der Waals surface area (Å²) in [5.74, 6) is -4.71. The molecule has 0 aromatic rings. The van der Waals surface area contributed by atoms with Crippen LogP contribution in [-0.2, 0) is 57.0 Å². The number of carbonyl (C=O) groups is 2. The molecule has 8 N–H and O–H groups in total. The van der Waals surface area contributed by atoms with Crippen molar-refractivity contribution in [2.24, 2.45) is 41.4 Å². The van der Waals surface area contributed by atoms with Crippen LogP contribution in [0.1, 0.15) is 198 Å². The molecule has 0 radical (unpaired) electrons. The SMILES string of the molecule is COC1CC(C)OC(CCC(C)C(O)C(C)C2CC(O)CC(O)C(C)C(OC)CC3CC=CC(CC(O)C/C=C(C)/C=C/C(=O)OC(C(C)C(O)C(C)CCC4CC(OC)CC(C)O4)C(C)C(O)CC(O)C(C)C(OC)CC4CC=CC(CC(O)C/C=C(C)\C=C\C(=O)O2)O4)O3)C1. The first-order valence-electron chi connectivity index (χ1n) is 36.6. The molecule has 0 spiro atoms. The first-order valence-corrected chi connectivity index (χ1v) is 36.6. The van der Waals surface area contributed by atoms with Gasteiger partial charge in [0.05, 0.1) is 122 Å². The van der Waals surface area contributed by atoms with Crippen molar-refractivity contribution in [3.8, 4) is 0 Å². The molecule has 2 saturated heterocycles. The van der Waals surface area contributed by atoms with Gasteiger partial charge >= 0.3 is 11.9 Å². The number of cyclic esters (lactones) is 2. The standard InChI is InChI=1S/C77H130O20/c1-45-22-28-56(78)36-60-19-17-21-62(95-60)43-71(91-15)52(8)68(82)44-69(83)53(9)77(55(11)76(87)48(4)27-31-64-41-66(89-13)35-50(6)93-64)97-74(85)33-25-46(2)23-29-57(79)37-59-18-16-20-61(94-59)42-70(90-14)51(7)67(81)38-58(80)39-72(96-73(84)32-24-45)54(10)75(86)47(3)26-30-63-40-65(88-12)34-49(5)92-63/h16-19,22-25,32-33,47-72,75-83,86-87H,20-21,26-31,34-44H2,1-15H3/b32-24+,33-25+,45-22-,46-23+. The fraction of sp³-hybridized carbons (Fsp3) is 0.818. The Hall–Kier alpha value is -3.26. The molecule has 20 nitrogen and oxygen atoms in total. The maximum Gasteiger partial charge on any atom is 0.331 e. The summed E-state index contributed by atoms with van der Waals surface area (Å²) in [6.07, 6.45) is 14.2. The highest BCUT2D eigenvalue weighted by Crippen LogP contribution is 2.36. The molecule has 0 aromatic heterocycles. The van der Waals surface area contributed by atoms with Gasteiger partial charge < -0.3 is 88.2 Å². The number of aliphatic hydroxyl groups excluding tert-OH is 8. The van der Waals surface area contributed by atoms with Crippen LogP contribution in [0.2, 0.25) is 0 Å². The number of fused-ring (bicyclic) bond motifs is 4. The van der Waals surface area contributed by atoms with Crippen molar-refractivity contribution in [2.45, 2.75) is 332 Å². The molecular formula is C77H130O20. The van der Waals surface area contributed by atoms with Crippen molar-refractivity contribution in [3.63, 3.8) is 0 Å². The smallest absolute Gasteiger partial charge is 0.331 e. The zero-order valence-corrected chi connectivity index (χ0v) is 61.4. The van der Waals surface area contributed by atoms with E-state index in [9.17, 15) is 50.4 Å². The second-order valence-corrected chi connectivity index (χ2v) is 29.9. The molecule has 97 heavy (non-hydrogen) atoms. The van der Waals surface area contributed by atoms with Gasteiger partial charge in [-0.2, -0.15) is 0 Å². The van der Waals surface area contributed by atoms with Gasteiger partial charge in [-0.3, -0.25) is 0 Å². The second-order valence-electron chi connectivity index (χ2n) is 29.9. The number of carbonyl (C=O) groups excluding carboxylic acids is 2. The van der Waals surface area contributed by atoms with Crippen LogP contribution in [0.5, 0.6) is 0 Å². The highest BCUT2D eigenvalue weighted by atomic mass is 16.6. The highest BCUT2D eigenvalue weighted by Gasteiger charge is 2.41. The molecule has 0 aliphatic carbocycles. The van der Waals surface area contributed by atoms with Gasteiger partial charge in [0.25, 0.3) is 0 Å². The molecule has 2 fully saturated rings. The Morgan fingerprint density at radius 3 is 1.33 bits per heavy atom. The van der Waals surface area contributed by atoms with E-state index in [4.69, 9.17) is 47.4 Å². The van der Waals surface area contributed by atoms with Gasteiger partial charge in [-0.25, -0.2) is 9.59 Å². The third-order valence-electron chi connectivity index (χ3n) is 21.8. The van der Waals surface area contributed by atoms with Crippen molar-refractivity contribution in [1.29, 1.82) is 0 Å². The minimum atomic E-state index is -1.16. The summed E-state index contributed by atoms with van der Waals surface area (Å²) in [5, 5.41) is 93.8. The van der Waals surface area contributed by atoms with Crippen LogP contribution in [0.3, 0.4) is 0 Å². The molecule has 5 aliphatic rings. The highest BCUT2D eigenvalue weighted by molar-refractivity contribution is 5.83. The normalized spacial score (nSPS) is 40.6. The first kappa shape index (κ1) is 84.4. The van der Waals surface area contributed by atoms with E-state index in [0.717, 1.165) is 25.7 Å². The predicted molar refractivity (Wildman–Crippen MR) is 373 cm³/mol. The van der Waals surface area contributed by atoms with Gasteiger partial charge in [-0.05, 0) is 129 Å². The third-order valence-corrected chi connectivity index (χ3v) is 21.8. The number of aliphatic hydroxyl groups is 8. The average molecular weight is 1380 g/mol. The number of hydrogen-bond donors (Lipinski definition) is 8. The number of esters is 2. The van der Waals surface area contributed by atoms with Gasteiger partial charge in [0.15, 0.2) is 0 Å². The van der Waals surface area contributed by atoms with E-state index in [0.29, 0.717) is 62.5 Å². The number of hydrogen-bond acceptors (Lipinski definition) is 20. The zero-order chi connectivity index (χ0) is 71.6. The number of ether oxygens (including phenoxy) is 10. The molecule has 5 aliphatic heterocycles. The van der Waals surface area contributed by atoms with E-state index in [1.165, 1.54) is 12.2 Å². The van der Waals surface area contributed by atoms with Crippen molar-refractivity contribution >= 4 is 11.9 Å². The maximum absolute atomic E-state index is 13.9. The molecule has 29 atom stereocenters. The zero-order valence-electron chi connectivity index (χ0n) is 61.4. The van der Waals surface area contributed by atoms with Crippen molar-refractivity contribution in [1.82, 2.24) is 0 Å². The van der Waals surface area contributed by atoms with Crippen molar-refractivity contribution in [2.75, 3.05) is 28.4 Å². The Balaban J connectivity index is 1.35. The number of allylic oxidation sites excluding steroid dienone is 4. The summed E-state index contributed by atoms with van der Waals surface area (Å²) in [4.78, 5) is 27.7. The minimum Gasteiger partial charge on any atom is -0.459 e. The summed E-state index contributed by atoms with van der Waals surface area (Å²) in [6.45, 7) is 20.7. The third kappa shape index (κ3) is 28.8. The van der Waals surface area contributed by atoms with Crippen LogP contribution < -0.4 is 0 Å². The van der Waals surface area contributed by atoms with Crippen LogP contribution >= 0.6 is 0 Å². The molecule has 5 heterocycles.